The number of hydrogen-bond acceptors (Lipinski definition) is 5. The second-order valence-electron chi connectivity index (χ2n) is 2.04. The van der Waals surface area contributed by atoms with Gasteiger partial charge in [-0.25, -0.2) is 4.98 Å². The average Bonchev–Trinajstić information content (AvgIpc) is 2.34. The van der Waals surface area contributed by atoms with E-state index in [2.05, 4.69) is 27.9 Å². The van der Waals surface area contributed by atoms with Crippen LogP contribution in [0.25, 0.3) is 5.52 Å². The van der Waals surface area contributed by atoms with Gasteiger partial charge in [0.25, 0.3) is 0 Å². The highest BCUT2D eigenvalue weighted by molar-refractivity contribution is 7.80. The minimum absolute atomic E-state index is 0.296. The van der Waals surface area contributed by atoms with Gasteiger partial charge in [0.2, 0.25) is 5.95 Å². The third kappa shape index (κ3) is 0.911. The molecule has 0 aliphatic rings. The van der Waals surface area contributed by atoms with E-state index in [1.165, 1.54) is 4.52 Å². The molecule has 0 unspecified atom stereocenters. The lowest BCUT2D eigenvalue weighted by Gasteiger charge is -1.96. The Hall–Kier alpha value is -1.30. The summed E-state index contributed by atoms with van der Waals surface area (Å²) < 4.78 is 1.44. The molecule has 0 spiro atoms. The lowest BCUT2D eigenvalue weighted by Crippen LogP contribution is -2.01. The number of anilines is 1. The van der Waals surface area contributed by atoms with Gasteiger partial charge in [-0.05, 0) is 6.07 Å². The van der Waals surface area contributed by atoms with Gasteiger partial charge >= 0.3 is 0 Å². The number of nitrogen functional groups attached to an aromatic ring is 1. The van der Waals surface area contributed by atoms with E-state index in [0.29, 0.717) is 11.0 Å². The predicted molar refractivity (Wildman–Crippen MR) is 42.4 cm³/mol. The van der Waals surface area contributed by atoms with E-state index in [0.717, 1.165) is 5.52 Å². The summed E-state index contributed by atoms with van der Waals surface area (Å²) in [6.07, 6.45) is 1.60. The zero-order valence-electron chi connectivity index (χ0n) is 5.47. The SMILES string of the molecule is Nc1nc(S)cc2cnnn12. The van der Waals surface area contributed by atoms with Gasteiger partial charge in [0, 0.05) is 0 Å². The Balaban J connectivity index is 2.91. The van der Waals surface area contributed by atoms with Crippen molar-refractivity contribution in [1.29, 1.82) is 0 Å². The third-order valence-electron chi connectivity index (χ3n) is 1.30. The molecule has 56 valence electrons. The number of fused-ring (bicyclic) bond motifs is 1. The molecule has 5 nitrogen and oxygen atoms in total. The van der Waals surface area contributed by atoms with Gasteiger partial charge < -0.3 is 5.73 Å². The van der Waals surface area contributed by atoms with Crippen molar-refractivity contribution in [2.24, 2.45) is 0 Å². The molecule has 2 N–H and O–H groups in total. The lowest BCUT2D eigenvalue weighted by atomic mass is 10.5. The number of nitrogens with zero attached hydrogens (tertiary/aromatic N) is 4. The summed E-state index contributed by atoms with van der Waals surface area (Å²) in [5.74, 6) is 0.296. The van der Waals surface area contributed by atoms with Crippen molar-refractivity contribution in [3.05, 3.63) is 12.3 Å². The van der Waals surface area contributed by atoms with Crippen LogP contribution in [0.2, 0.25) is 0 Å². The number of rotatable bonds is 0. The highest BCUT2D eigenvalue weighted by Gasteiger charge is 2.00. The standard InChI is InChI=1S/C5H5N5S/c6-5-8-4(11)1-3-2-7-9-10(3)5/h1-2,11H,(H2,6,8). The maximum atomic E-state index is 5.50. The molecule has 2 heterocycles. The zero-order valence-corrected chi connectivity index (χ0v) is 6.36. The van der Waals surface area contributed by atoms with E-state index in [4.69, 9.17) is 5.73 Å². The summed E-state index contributed by atoms with van der Waals surface area (Å²) in [6, 6.07) is 1.74. The molecule has 0 aliphatic heterocycles. The van der Waals surface area contributed by atoms with Gasteiger partial charge in [0.15, 0.2) is 0 Å². The van der Waals surface area contributed by atoms with Crippen LogP contribution in [-0.4, -0.2) is 19.8 Å². The van der Waals surface area contributed by atoms with Gasteiger partial charge in [-0.2, -0.15) is 4.52 Å². The lowest BCUT2D eigenvalue weighted by molar-refractivity contribution is 0.836. The van der Waals surface area contributed by atoms with E-state index in [1.54, 1.807) is 12.3 Å². The zero-order chi connectivity index (χ0) is 7.84. The van der Waals surface area contributed by atoms with E-state index in [1.807, 2.05) is 0 Å². The number of aromatic nitrogens is 4. The van der Waals surface area contributed by atoms with Crippen LogP contribution >= 0.6 is 12.6 Å². The summed E-state index contributed by atoms with van der Waals surface area (Å²) in [7, 11) is 0. The largest absolute Gasteiger partial charge is 0.368 e. The molecular weight excluding hydrogens is 162 g/mol. The minimum Gasteiger partial charge on any atom is -0.368 e. The summed E-state index contributed by atoms with van der Waals surface area (Å²) in [6.45, 7) is 0. The minimum atomic E-state index is 0.296. The van der Waals surface area contributed by atoms with Crippen molar-refractivity contribution >= 4 is 24.1 Å². The molecule has 2 rings (SSSR count). The first-order chi connectivity index (χ1) is 5.27. The van der Waals surface area contributed by atoms with E-state index in [-0.39, 0.29) is 0 Å². The first kappa shape index (κ1) is 6.41. The Labute approximate surface area is 67.6 Å². The van der Waals surface area contributed by atoms with E-state index in [9.17, 15) is 0 Å². The molecule has 0 saturated heterocycles. The van der Waals surface area contributed by atoms with Gasteiger partial charge in [-0.3, -0.25) is 0 Å². The smallest absolute Gasteiger partial charge is 0.224 e. The maximum absolute atomic E-state index is 5.50. The fourth-order valence-corrected chi connectivity index (χ4v) is 1.08. The highest BCUT2D eigenvalue weighted by Crippen LogP contribution is 2.09. The Bertz CT molecular complexity index is 395. The average molecular weight is 167 g/mol. The first-order valence-corrected chi connectivity index (χ1v) is 3.38. The molecule has 0 bridgehead atoms. The molecule has 0 aromatic carbocycles. The molecule has 6 heteroatoms. The van der Waals surface area contributed by atoms with Crippen LogP contribution in [0.3, 0.4) is 0 Å². The Kier molecular flexibility index (Phi) is 1.22. The van der Waals surface area contributed by atoms with Crippen LogP contribution in [-0.2, 0) is 0 Å². The molecule has 0 amide bonds. The number of hydrogen-bond donors (Lipinski definition) is 2. The Morgan fingerprint density at radius 1 is 1.55 bits per heavy atom. The summed E-state index contributed by atoms with van der Waals surface area (Å²) in [5.41, 5.74) is 6.30. The van der Waals surface area contributed by atoms with Crippen molar-refractivity contribution < 1.29 is 0 Å². The van der Waals surface area contributed by atoms with Crippen LogP contribution in [0.5, 0.6) is 0 Å². The Morgan fingerprint density at radius 2 is 2.36 bits per heavy atom. The van der Waals surface area contributed by atoms with Crippen LogP contribution in [0.15, 0.2) is 17.3 Å². The topological polar surface area (TPSA) is 69.1 Å². The van der Waals surface area contributed by atoms with Crippen LogP contribution < -0.4 is 5.73 Å². The van der Waals surface area contributed by atoms with Gasteiger partial charge in [0.1, 0.15) is 0 Å². The first-order valence-electron chi connectivity index (χ1n) is 2.93. The van der Waals surface area contributed by atoms with Gasteiger partial charge in [0.05, 0.1) is 16.7 Å². The Morgan fingerprint density at radius 3 is 3.18 bits per heavy atom. The van der Waals surface area contributed by atoms with Gasteiger partial charge in [-0.1, -0.05) is 5.21 Å². The summed E-state index contributed by atoms with van der Waals surface area (Å²) in [4.78, 5) is 3.88. The second-order valence-corrected chi connectivity index (χ2v) is 2.50. The molecule has 2 aromatic heterocycles. The van der Waals surface area contributed by atoms with Crippen molar-refractivity contribution in [2.75, 3.05) is 5.73 Å². The molecular formula is C5H5N5S. The van der Waals surface area contributed by atoms with Gasteiger partial charge in [-0.15, -0.1) is 17.7 Å². The number of thiol groups is 1. The van der Waals surface area contributed by atoms with Crippen molar-refractivity contribution in [3.8, 4) is 0 Å². The normalized spacial score (nSPS) is 10.6. The molecule has 11 heavy (non-hydrogen) atoms. The van der Waals surface area contributed by atoms with Crippen molar-refractivity contribution in [3.63, 3.8) is 0 Å². The molecule has 0 saturated carbocycles. The van der Waals surface area contributed by atoms with Crippen LogP contribution in [0.1, 0.15) is 0 Å². The summed E-state index contributed by atoms with van der Waals surface area (Å²) >= 11 is 4.05. The van der Waals surface area contributed by atoms with E-state index >= 15 is 0 Å². The second kappa shape index (κ2) is 2.09. The fraction of sp³-hybridized carbons (Fsp3) is 0. The molecule has 0 radical (unpaired) electrons. The van der Waals surface area contributed by atoms with Crippen molar-refractivity contribution in [2.45, 2.75) is 5.03 Å². The number of nitrogens with two attached hydrogens (primary N) is 1. The molecule has 0 atom stereocenters. The predicted octanol–water partition coefficient (Wildman–Crippen LogP) is -0.00480. The van der Waals surface area contributed by atoms with Crippen LogP contribution in [0.4, 0.5) is 5.95 Å². The summed E-state index contributed by atoms with van der Waals surface area (Å²) in [5, 5.41) is 7.93. The monoisotopic (exact) mass is 167 g/mol. The molecule has 0 aliphatic carbocycles. The van der Waals surface area contributed by atoms with E-state index < -0.39 is 0 Å². The van der Waals surface area contributed by atoms with Crippen molar-refractivity contribution in [1.82, 2.24) is 19.8 Å². The molecule has 0 fully saturated rings. The maximum Gasteiger partial charge on any atom is 0.224 e. The fourth-order valence-electron chi connectivity index (χ4n) is 0.849. The quantitative estimate of drug-likeness (QED) is 0.428. The molecule has 2 aromatic rings. The highest BCUT2D eigenvalue weighted by atomic mass is 32.1. The van der Waals surface area contributed by atoms with Crippen LogP contribution in [0, 0.1) is 0 Å². The third-order valence-corrected chi connectivity index (χ3v) is 1.53.